The molecule has 0 fully saturated rings. The third-order valence-corrected chi connectivity index (χ3v) is 4.73. The second-order valence-corrected chi connectivity index (χ2v) is 6.11. The number of hydrogen-bond acceptors (Lipinski definition) is 3. The number of ether oxygens (including phenoxy) is 1. The number of rotatable bonds is 7. The van der Waals surface area contributed by atoms with Gasteiger partial charge in [0, 0.05) is 15.3 Å². The van der Waals surface area contributed by atoms with E-state index in [1.807, 2.05) is 12.1 Å². The summed E-state index contributed by atoms with van der Waals surface area (Å²) in [7, 11) is 1.50. The van der Waals surface area contributed by atoms with Gasteiger partial charge in [-0.3, -0.25) is 0 Å². The van der Waals surface area contributed by atoms with Crippen molar-refractivity contribution in [3.8, 4) is 5.75 Å². The van der Waals surface area contributed by atoms with Gasteiger partial charge in [-0.05, 0) is 37.6 Å². The highest BCUT2D eigenvalue weighted by molar-refractivity contribution is 7.12. The van der Waals surface area contributed by atoms with Gasteiger partial charge >= 0.3 is 0 Å². The van der Waals surface area contributed by atoms with Crippen LogP contribution in [-0.2, 0) is 6.42 Å². The van der Waals surface area contributed by atoms with E-state index in [0.717, 1.165) is 24.3 Å². The van der Waals surface area contributed by atoms with Crippen molar-refractivity contribution in [1.29, 1.82) is 0 Å². The number of nitrogens with one attached hydrogen (secondary N) is 1. The summed E-state index contributed by atoms with van der Waals surface area (Å²) in [6.45, 7) is 5.09. The predicted octanol–water partition coefficient (Wildman–Crippen LogP) is 4.55. The summed E-state index contributed by atoms with van der Waals surface area (Å²) in [6, 6.07) is 9.42. The highest BCUT2D eigenvalue weighted by Gasteiger charge is 2.21. The molecule has 2 aromatic rings. The van der Waals surface area contributed by atoms with Gasteiger partial charge in [0.25, 0.3) is 0 Å². The molecule has 4 heteroatoms. The van der Waals surface area contributed by atoms with Crippen molar-refractivity contribution in [2.24, 2.45) is 0 Å². The molecular weight excluding hydrogens is 285 g/mol. The van der Waals surface area contributed by atoms with E-state index in [4.69, 9.17) is 4.74 Å². The van der Waals surface area contributed by atoms with Gasteiger partial charge in [-0.1, -0.05) is 26.0 Å². The average molecular weight is 307 g/mol. The third-order valence-electron chi connectivity index (χ3n) is 3.44. The molecule has 0 aliphatic heterocycles. The maximum atomic E-state index is 14.6. The van der Waals surface area contributed by atoms with Crippen LogP contribution in [-0.4, -0.2) is 13.7 Å². The van der Waals surface area contributed by atoms with Gasteiger partial charge in [-0.2, -0.15) is 0 Å². The van der Waals surface area contributed by atoms with Crippen LogP contribution in [0.5, 0.6) is 5.75 Å². The maximum Gasteiger partial charge on any atom is 0.170 e. The predicted molar refractivity (Wildman–Crippen MR) is 86.8 cm³/mol. The molecule has 1 N–H and O–H groups in total. The molecule has 1 heterocycles. The number of thiophene rings is 1. The van der Waals surface area contributed by atoms with Crippen molar-refractivity contribution in [1.82, 2.24) is 5.32 Å². The largest absolute Gasteiger partial charge is 0.494 e. The van der Waals surface area contributed by atoms with E-state index in [0.29, 0.717) is 11.3 Å². The molecule has 0 amide bonds. The lowest BCUT2D eigenvalue weighted by atomic mass is 10.0. The smallest absolute Gasteiger partial charge is 0.170 e. The monoisotopic (exact) mass is 307 g/mol. The van der Waals surface area contributed by atoms with E-state index in [1.165, 1.54) is 12.0 Å². The van der Waals surface area contributed by atoms with Crippen molar-refractivity contribution in [2.75, 3.05) is 13.7 Å². The highest BCUT2D eigenvalue weighted by Crippen LogP contribution is 2.33. The van der Waals surface area contributed by atoms with Crippen LogP contribution in [0.1, 0.15) is 41.6 Å². The second-order valence-electron chi connectivity index (χ2n) is 4.91. The van der Waals surface area contributed by atoms with Crippen molar-refractivity contribution in [2.45, 2.75) is 32.7 Å². The van der Waals surface area contributed by atoms with E-state index < -0.39 is 0 Å². The van der Waals surface area contributed by atoms with Crippen LogP contribution in [0.2, 0.25) is 0 Å². The Morgan fingerprint density at radius 3 is 2.67 bits per heavy atom. The summed E-state index contributed by atoms with van der Waals surface area (Å²) < 4.78 is 19.7. The molecule has 1 aromatic heterocycles. The normalized spacial score (nSPS) is 12.4. The summed E-state index contributed by atoms with van der Waals surface area (Å²) in [5.74, 6) is 0.0168. The van der Waals surface area contributed by atoms with Crippen LogP contribution in [0.15, 0.2) is 30.3 Å². The number of methoxy groups -OCH3 is 1. The Hall–Kier alpha value is -1.39. The molecule has 1 atom stereocenters. The van der Waals surface area contributed by atoms with Crippen molar-refractivity contribution >= 4 is 11.3 Å². The Labute approximate surface area is 130 Å². The van der Waals surface area contributed by atoms with Crippen LogP contribution in [0.25, 0.3) is 0 Å². The van der Waals surface area contributed by atoms with E-state index in [-0.39, 0.29) is 11.9 Å². The standard InChI is InChI=1S/C17H22FNOS/c1-4-11-19-17(15-10-9-12(5-2)21-15)13-7-6-8-14(20-3)16(13)18/h6-10,17,19H,4-5,11H2,1-3H3. The van der Waals surface area contributed by atoms with Crippen LogP contribution < -0.4 is 10.1 Å². The number of aryl methyl sites for hydroxylation is 1. The van der Waals surface area contributed by atoms with Gasteiger partial charge in [-0.25, -0.2) is 4.39 Å². The molecule has 2 rings (SSSR count). The minimum Gasteiger partial charge on any atom is -0.494 e. The number of halogens is 1. The van der Waals surface area contributed by atoms with E-state index >= 15 is 0 Å². The Morgan fingerprint density at radius 2 is 2.05 bits per heavy atom. The molecule has 1 aromatic carbocycles. The van der Waals surface area contributed by atoms with Gasteiger partial charge in [-0.15, -0.1) is 11.3 Å². The molecule has 0 saturated heterocycles. The van der Waals surface area contributed by atoms with Crippen LogP contribution >= 0.6 is 11.3 Å². The maximum absolute atomic E-state index is 14.6. The summed E-state index contributed by atoms with van der Waals surface area (Å²) in [5, 5.41) is 3.45. The zero-order valence-corrected chi connectivity index (χ0v) is 13.6. The molecule has 2 nitrogen and oxygen atoms in total. The lowest BCUT2D eigenvalue weighted by molar-refractivity contribution is 0.381. The fourth-order valence-corrected chi connectivity index (χ4v) is 3.35. The van der Waals surface area contributed by atoms with Gasteiger partial charge in [0.1, 0.15) is 0 Å². The first kappa shape index (κ1) is 16.0. The van der Waals surface area contributed by atoms with Crippen LogP contribution in [0, 0.1) is 5.82 Å². The lowest BCUT2D eigenvalue weighted by Crippen LogP contribution is -2.23. The van der Waals surface area contributed by atoms with Gasteiger partial charge in [0.05, 0.1) is 13.2 Å². The summed E-state index contributed by atoms with van der Waals surface area (Å²) in [4.78, 5) is 2.46. The molecular formula is C17H22FNOS. The van der Waals surface area contributed by atoms with E-state index in [2.05, 4.69) is 31.3 Å². The van der Waals surface area contributed by atoms with Gasteiger partial charge in [0.2, 0.25) is 0 Å². The topological polar surface area (TPSA) is 21.3 Å². The Kier molecular flexibility index (Phi) is 5.76. The zero-order chi connectivity index (χ0) is 15.2. The van der Waals surface area contributed by atoms with Gasteiger partial charge < -0.3 is 10.1 Å². The fourth-order valence-electron chi connectivity index (χ4n) is 2.30. The molecule has 0 aliphatic carbocycles. The minimum atomic E-state index is -0.278. The number of hydrogen-bond donors (Lipinski definition) is 1. The molecule has 114 valence electrons. The molecule has 21 heavy (non-hydrogen) atoms. The first-order chi connectivity index (χ1) is 10.2. The fraction of sp³-hybridized carbons (Fsp3) is 0.412. The van der Waals surface area contributed by atoms with Crippen LogP contribution in [0.4, 0.5) is 4.39 Å². The van der Waals surface area contributed by atoms with Crippen molar-refractivity contribution < 1.29 is 9.13 Å². The molecule has 0 spiro atoms. The lowest BCUT2D eigenvalue weighted by Gasteiger charge is -2.19. The SMILES string of the molecule is CCCNC(c1ccc(CC)s1)c1cccc(OC)c1F. The molecule has 0 radical (unpaired) electrons. The van der Waals surface area contributed by atoms with Crippen molar-refractivity contribution in [3.63, 3.8) is 0 Å². The highest BCUT2D eigenvalue weighted by atomic mass is 32.1. The summed E-state index contributed by atoms with van der Waals surface area (Å²) >= 11 is 1.74. The minimum absolute atomic E-state index is 0.120. The molecule has 0 bridgehead atoms. The molecule has 1 unspecified atom stereocenters. The summed E-state index contributed by atoms with van der Waals surface area (Å²) in [6.07, 6.45) is 2.01. The Bertz CT molecular complexity index is 582. The summed E-state index contributed by atoms with van der Waals surface area (Å²) in [5.41, 5.74) is 0.646. The zero-order valence-electron chi connectivity index (χ0n) is 12.8. The Balaban J connectivity index is 2.40. The molecule has 0 saturated carbocycles. The van der Waals surface area contributed by atoms with Gasteiger partial charge in [0.15, 0.2) is 11.6 Å². The Morgan fingerprint density at radius 1 is 1.24 bits per heavy atom. The van der Waals surface area contributed by atoms with Crippen molar-refractivity contribution in [3.05, 3.63) is 51.5 Å². The van der Waals surface area contributed by atoms with E-state index in [9.17, 15) is 4.39 Å². The van der Waals surface area contributed by atoms with Crippen LogP contribution in [0.3, 0.4) is 0 Å². The third kappa shape index (κ3) is 3.63. The van der Waals surface area contributed by atoms with E-state index in [1.54, 1.807) is 17.4 Å². The quantitative estimate of drug-likeness (QED) is 0.810. The molecule has 0 aliphatic rings. The second kappa shape index (κ2) is 7.57. The first-order valence-electron chi connectivity index (χ1n) is 7.35. The number of benzene rings is 1. The first-order valence-corrected chi connectivity index (χ1v) is 8.17. The average Bonchev–Trinajstić information content (AvgIpc) is 2.98.